The smallest absolute Gasteiger partial charge is 0.208 e. The number of nitrogens with one attached hydrogen (secondary N) is 1. The van der Waals surface area contributed by atoms with Crippen LogP contribution in [0.4, 0.5) is 0 Å². The fraction of sp³-hybridized carbons (Fsp3) is 0.769. The molecule has 4 heteroatoms. The summed E-state index contributed by atoms with van der Waals surface area (Å²) >= 11 is 0. The first kappa shape index (κ1) is 12.6. The largest absolute Gasteiger partial charge is 0.444 e. The molecule has 96 valence electrons. The third-order valence-corrected chi connectivity index (χ3v) is 3.64. The van der Waals surface area contributed by atoms with Gasteiger partial charge in [0.2, 0.25) is 5.89 Å². The first-order valence-corrected chi connectivity index (χ1v) is 6.56. The quantitative estimate of drug-likeness (QED) is 0.867. The highest BCUT2D eigenvalue weighted by Gasteiger charge is 2.29. The molecule has 1 aromatic heterocycles. The molecule has 17 heavy (non-hydrogen) atoms. The topological polar surface area (TPSA) is 41.3 Å². The van der Waals surface area contributed by atoms with E-state index in [1.807, 2.05) is 6.20 Å². The summed E-state index contributed by atoms with van der Waals surface area (Å²) < 4.78 is 5.66. The number of aryl methyl sites for hydroxylation is 1. The highest BCUT2D eigenvalue weighted by Crippen LogP contribution is 2.17. The lowest BCUT2D eigenvalue weighted by Crippen LogP contribution is -2.58. The first-order valence-electron chi connectivity index (χ1n) is 6.56. The van der Waals surface area contributed by atoms with Crippen LogP contribution in [0.2, 0.25) is 0 Å². The third kappa shape index (κ3) is 3.07. The van der Waals surface area contributed by atoms with E-state index in [-0.39, 0.29) is 5.54 Å². The molecular formula is C13H23N3O. The highest BCUT2D eigenvalue weighted by molar-refractivity contribution is 4.96. The van der Waals surface area contributed by atoms with E-state index in [0.29, 0.717) is 0 Å². The molecule has 0 radical (unpaired) electrons. The van der Waals surface area contributed by atoms with E-state index in [9.17, 15) is 0 Å². The van der Waals surface area contributed by atoms with Crippen LogP contribution in [0.1, 0.15) is 38.8 Å². The van der Waals surface area contributed by atoms with E-state index in [1.54, 1.807) is 0 Å². The van der Waals surface area contributed by atoms with Gasteiger partial charge in [-0.1, -0.05) is 13.8 Å². The average molecular weight is 237 g/mol. The summed E-state index contributed by atoms with van der Waals surface area (Å²) in [7, 11) is 0. The number of hydrogen-bond donors (Lipinski definition) is 1. The summed E-state index contributed by atoms with van der Waals surface area (Å²) in [6, 6.07) is 0. The fourth-order valence-corrected chi connectivity index (χ4v) is 2.29. The second-order valence-corrected chi connectivity index (χ2v) is 5.13. The van der Waals surface area contributed by atoms with E-state index < -0.39 is 0 Å². The van der Waals surface area contributed by atoms with Crippen LogP contribution in [0.3, 0.4) is 0 Å². The Kier molecular flexibility index (Phi) is 3.84. The van der Waals surface area contributed by atoms with E-state index in [0.717, 1.165) is 50.7 Å². The minimum atomic E-state index is 0.235. The third-order valence-electron chi connectivity index (χ3n) is 3.64. The van der Waals surface area contributed by atoms with Gasteiger partial charge in [0.05, 0.1) is 12.7 Å². The standard InChI is InChI=1S/C13H23N3O/c1-4-11-8-14-12(17-11)9-16-7-6-15-13(3,5-2)10-16/h8,15H,4-7,9-10H2,1-3H3. The van der Waals surface area contributed by atoms with Crippen LogP contribution in [0, 0.1) is 0 Å². The van der Waals surface area contributed by atoms with Gasteiger partial charge in [-0.2, -0.15) is 0 Å². The Labute approximate surface area is 103 Å². The van der Waals surface area contributed by atoms with Crippen molar-refractivity contribution < 1.29 is 4.42 Å². The normalized spacial score (nSPS) is 26.3. The zero-order valence-corrected chi connectivity index (χ0v) is 11.1. The molecule has 1 N–H and O–H groups in total. The second-order valence-electron chi connectivity index (χ2n) is 5.13. The number of hydrogen-bond acceptors (Lipinski definition) is 4. The van der Waals surface area contributed by atoms with Crippen molar-refractivity contribution in [2.24, 2.45) is 0 Å². The van der Waals surface area contributed by atoms with Gasteiger partial charge in [-0.15, -0.1) is 0 Å². The lowest BCUT2D eigenvalue weighted by molar-refractivity contribution is 0.124. The van der Waals surface area contributed by atoms with Crippen molar-refractivity contribution in [3.8, 4) is 0 Å². The van der Waals surface area contributed by atoms with Crippen molar-refractivity contribution in [2.75, 3.05) is 19.6 Å². The van der Waals surface area contributed by atoms with E-state index in [4.69, 9.17) is 4.42 Å². The minimum absolute atomic E-state index is 0.235. The zero-order valence-electron chi connectivity index (χ0n) is 11.1. The Bertz CT molecular complexity index is 363. The number of nitrogens with zero attached hydrogens (tertiary/aromatic N) is 2. The van der Waals surface area contributed by atoms with Crippen molar-refractivity contribution in [1.82, 2.24) is 15.2 Å². The van der Waals surface area contributed by atoms with Gasteiger partial charge < -0.3 is 9.73 Å². The lowest BCUT2D eigenvalue weighted by atomic mass is 9.96. The molecule has 1 aromatic rings. The molecule has 0 saturated carbocycles. The van der Waals surface area contributed by atoms with Crippen LogP contribution in [0.5, 0.6) is 0 Å². The van der Waals surface area contributed by atoms with Crippen molar-refractivity contribution in [1.29, 1.82) is 0 Å². The Morgan fingerprint density at radius 2 is 2.35 bits per heavy atom. The molecule has 1 unspecified atom stereocenters. The van der Waals surface area contributed by atoms with Crippen molar-refractivity contribution in [3.63, 3.8) is 0 Å². The van der Waals surface area contributed by atoms with Crippen LogP contribution in [-0.4, -0.2) is 35.1 Å². The maximum absolute atomic E-state index is 5.66. The second kappa shape index (κ2) is 5.19. The van der Waals surface area contributed by atoms with E-state index in [1.165, 1.54) is 0 Å². The SMILES string of the molecule is CCc1cnc(CN2CCNC(C)(CC)C2)o1. The maximum Gasteiger partial charge on any atom is 0.208 e. The average Bonchev–Trinajstić information content (AvgIpc) is 2.77. The molecule has 1 aliphatic heterocycles. The summed E-state index contributed by atoms with van der Waals surface area (Å²) in [5.74, 6) is 1.83. The lowest BCUT2D eigenvalue weighted by Gasteiger charge is -2.40. The Balaban J connectivity index is 1.94. The number of aromatic nitrogens is 1. The van der Waals surface area contributed by atoms with Gasteiger partial charge in [0.25, 0.3) is 0 Å². The van der Waals surface area contributed by atoms with Gasteiger partial charge in [-0.3, -0.25) is 4.90 Å². The fourth-order valence-electron chi connectivity index (χ4n) is 2.29. The zero-order chi connectivity index (χ0) is 12.3. The van der Waals surface area contributed by atoms with Gasteiger partial charge in [0.15, 0.2) is 0 Å². The van der Waals surface area contributed by atoms with Crippen LogP contribution >= 0.6 is 0 Å². The molecule has 2 heterocycles. The molecule has 0 amide bonds. The van der Waals surface area contributed by atoms with Crippen LogP contribution in [0.25, 0.3) is 0 Å². The Hall–Kier alpha value is -0.870. The number of rotatable bonds is 4. The van der Waals surface area contributed by atoms with Crippen molar-refractivity contribution >= 4 is 0 Å². The van der Waals surface area contributed by atoms with E-state index >= 15 is 0 Å². The summed E-state index contributed by atoms with van der Waals surface area (Å²) in [6.45, 7) is 10.6. The monoisotopic (exact) mass is 237 g/mol. The summed E-state index contributed by atoms with van der Waals surface area (Å²) in [6.07, 6.45) is 3.91. The Morgan fingerprint density at radius 3 is 3.00 bits per heavy atom. The van der Waals surface area contributed by atoms with Crippen LogP contribution in [-0.2, 0) is 13.0 Å². The molecule has 0 aliphatic carbocycles. The van der Waals surface area contributed by atoms with Crippen LogP contribution < -0.4 is 5.32 Å². The van der Waals surface area contributed by atoms with Crippen molar-refractivity contribution in [3.05, 3.63) is 17.8 Å². The first-order chi connectivity index (χ1) is 8.15. The van der Waals surface area contributed by atoms with Gasteiger partial charge in [0.1, 0.15) is 5.76 Å². The predicted molar refractivity (Wildman–Crippen MR) is 67.9 cm³/mol. The number of oxazole rings is 1. The predicted octanol–water partition coefficient (Wildman–Crippen LogP) is 1.81. The molecule has 0 spiro atoms. The molecule has 2 rings (SSSR count). The summed E-state index contributed by atoms with van der Waals surface area (Å²) in [5.41, 5.74) is 0.235. The summed E-state index contributed by atoms with van der Waals surface area (Å²) in [4.78, 5) is 6.75. The molecule has 1 atom stereocenters. The maximum atomic E-state index is 5.66. The molecule has 1 fully saturated rings. The highest BCUT2D eigenvalue weighted by atomic mass is 16.4. The van der Waals surface area contributed by atoms with Crippen LogP contribution in [0.15, 0.2) is 10.6 Å². The minimum Gasteiger partial charge on any atom is -0.444 e. The van der Waals surface area contributed by atoms with Gasteiger partial charge in [-0.05, 0) is 13.3 Å². The Morgan fingerprint density at radius 1 is 1.53 bits per heavy atom. The molecule has 4 nitrogen and oxygen atoms in total. The molecule has 0 aromatic carbocycles. The molecule has 1 saturated heterocycles. The van der Waals surface area contributed by atoms with Gasteiger partial charge in [0, 0.05) is 31.6 Å². The van der Waals surface area contributed by atoms with Gasteiger partial charge >= 0.3 is 0 Å². The number of piperazine rings is 1. The molecular weight excluding hydrogens is 214 g/mol. The van der Waals surface area contributed by atoms with Crippen molar-refractivity contribution in [2.45, 2.75) is 45.7 Å². The molecule has 1 aliphatic rings. The molecule has 0 bridgehead atoms. The summed E-state index contributed by atoms with van der Waals surface area (Å²) in [5, 5.41) is 3.58. The van der Waals surface area contributed by atoms with Gasteiger partial charge in [-0.25, -0.2) is 4.98 Å². The van der Waals surface area contributed by atoms with E-state index in [2.05, 4.69) is 36.0 Å².